The molecule has 210 valence electrons. The maximum Gasteiger partial charge on any atom is 0.309 e. The van der Waals surface area contributed by atoms with Gasteiger partial charge in [-0.1, -0.05) is 45.4 Å². The molecule has 0 radical (unpaired) electrons. The molecule has 0 bridgehead atoms. The zero-order valence-electron chi connectivity index (χ0n) is 23.6. The number of ketones is 1. The lowest BCUT2D eigenvalue weighted by molar-refractivity contribution is -0.154. The van der Waals surface area contributed by atoms with Gasteiger partial charge in [-0.25, -0.2) is 4.98 Å². The fraction of sp³-hybridized carbons (Fsp3) is 0.586. The number of hydrogen-bond donors (Lipinski definition) is 2. The predicted molar refractivity (Wildman–Crippen MR) is 147 cm³/mol. The first kappa shape index (κ1) is 31.6. The van der Waals surface area contributed by atoms with E-state index in [-0.39, 0.29) is 6.42 Å². The van der Waals surface area contributed by atoms with Crippen molar-refractivity contribution in [2.45, 2.75) is 92.6 Å². The van der Waals surface area contributed by atoms with Crippen LogP contribution >= 0.6 is 11.3 Å². The van der Waals surface area contributed by atoms with E-state index in [0.717, 1.165) is 21.8 Å². The fourth-order valence-corrected chi connectivity index (χ4v) is 4.97. The van der Waals surface area contributed by atoms with E-state index in [0.29, 0.717) is 6.42 Å². The summed E-state index contributed by atoms with van der Waals surface area (Å²) in [5.41, 5.74) is 1.05. The average Bonchev–Trinajstić information content (AvgIpc) is 3.25. The van der Waals surface area contributed by atoms with Crippen LogP contribution in [0.2, 0.25) is 0 Å². The number of ether oxygens (including phenoxy) is 2. The van der Waals surface area contributed by atoms with Gasteiger partial charge in [0, 0.05) is 30.6 Å². The number of cyclic esters (lactones) is 1. The van der Waals surface area contributed by atoms with Gasteiger partial charge in [0.15, 0.2) is 0 Å². The van der Waals surface area contributed by atoms with E-state index in [1.54, 1.807) is 39.8 Å². The first-order valence-corrected chi connectivity index (χ1v) is 13.7. The van der Waals surface area contributed by atoms with E-state index < -0.39 is 59.4 Å². The Labute approximate surface area is 229 Å². The molecule has 0 aliphatic carbocycles. The van der Waals surface area contributed by atoms with Crippen LogP contribution in [0.15, 0.2) is 34.8 Å². The molecule has 1 aliphatic rings. The van der Waals surface area contributed by atoms with Gasteiger partial charge in [0.1, 0.15) is 18.0 Å². The Hall–Kier alpha value is -2.62. The maximum atomic E-state index is 13.4. The third-order valence-electron chi connectivity index (χ3n) is 7.11. The summed E-state index contributed by atoms with van der Waals surface area (Å²) >= 11 is 1.52. The van der Waals surface area contributed by atoms with Crippen molar-refractivity contribution in [1.29, 1.82) is 0 Å². The zero-order valence-corrected chi connectivity index (χ0v) is 24.4. The van der Waals surface area contributed by atoms with Gasteiger partial charge in [-0.05, 0) is 38.5 Å². The number of esters is 2. The summed E-state index contributed by atoms with van der Waals surface area (Å²) in [7, 11) is 0. The molecule has 2 N–H and O–H groups in total. The van der Waals surface area contributed by atoms with E-state index in [1.807, 2.05) is 38.3 Å². The van der Waals surface area contributed by atoms with Crippen LogP contribution in [0.4, 0.5) is 0 Å². The number of aromatic nitrogens is 1. The normalized spacial score (nSPS) is 32.2. The van der Waals surface area contributed by atoms with E-state index in [1.165, 1.54) is 18.3 Å². The van der Waals surface area contributed by atoms with Gasteiger partial charge in [0.2, 0.25) is 0 Å². The van der Waals surface area contributed by atoms with Crippen LogP contribution in [0.5, 0.6) is 0 Å². The molecule has 9 heteroatoms. The third kappa shape index (κ3) is 8.44. The van der Waals surface area contributed by atoms with Crippen LogP contribution in [-0.4, -0.2) is 57.3 Å². The molecule has 0 aromatic carbocycles. The van der Waals surface area contributed by atoms with Gasteiger partial charge in [0.05, 0.1) is 34.7 Å². The average molecular weight is 548 g/mol. The number of hydrogen-bond acceptors (Lipinski definition) is 9. The Bertz CT molecular complexity index is 1100. The first-order chi connectivity index (χ1) is 17.6. The number of aliphatic hydroxyl groups excluding tert-OH is 2. The second-order valence-electron chi connectivity index (χ2n) is 10.7. The standard InChI is InChI=1S/C29H41NO7S/c1-16-9-11-23(17(2)13-22-15-38-20(5)30-22)37-26(33)14-25(32)29(7,8)28(35)19(4)27(34)18(3)24(12-10-16)36-21(6)31/h9-10,12-13,15,18-19,23-25,27,32,34H,11,14H2,1-8H3/b12-10+,16-9-,17-13+/t18-,19+,23-,24?,25-,27-/m0/s1. The number of thiazole rings is 1. The van der Waals surface area contributed by atoms with Gasteiger partial charge in [0.25, 0.3) is 0 Å². The Morgan fingerprint density at radius 1 is 1.21 bits per heavy atom. The highest BCUT2D eigenvalue weighted by Crippen LogP contribution is 2.32. The summed E-state index contributed by atoms with van der Waals surface area (Å²) in [6.07, 6.45) is 3.35. The monoisotopic (exact) mass is 547 g/mol. The molecule has 38 heavy (non-hydrogen) atoms. The molecule has 0 saturated heterocycles. The maximum absolute atomic E-state index is 13.4. The topological polar surface area (TPSA) is 123 Å². The Morgan fingerprint density at radius 2 is 1.87 bits per heavy atom. The lowest BCUT2D eigenvalue weighted by Gasteiger charge is -2.35. The summed E-state index contributed by atoms with van der Waals surface area (Å²) in [6, 6.07) is 0. The molecule has 0 fully saturated rings. The third-order valence-corrected chi connectivity index (χ3v) is 7.90. The van der Waals surface area contributed by atoms with Crippen molar-refractivity contribution in [3.8, 4) is 0 Å². The Morgan fingerprint density at radius 3 is 2.45 bits per heavy atom. The highest BCUT2D eigenvalue weighted by atomic mass is 32.1. The fourth-order valence-electron chi connectivity index (χ4n) is 4.40. The number of allylic oxidation sites excluding steroid dienone is 2. The number of Topliss-reactive ketones (excluding diaryl/α,β-unsaturated/α-hetero) is 1. The SMILES string of the molecule is CC(=O)OC1/C=C/C(C)=C\C[C@@H](/C(C)=C/c2csc(C)n2)OC(=O)C[C@H](O)C(C)(C)C(=O)[C@H](C)[C@@H](O)[C@H]1C. The largest absolute Gasteiger partial charge is 0.458 e. The van der Waals surface area contributed by atoms with Crippen molar-refractivity contribution in [1.82, 2.24) is 4.98 Å². The molecule has 1 unspecified atom stereocenters. The molecular formula is C29H41NO7S. The molecule has 2 rings (SSSR count). The van der Waals surface area contributed by atoms with Crippen molar-refractivity contribution >= 4 is 35.1 Å². The number of rotatable bonds is 3. The number of aryl methyl sites for hydroxylation is 1. The van der Waals surface area contributed by atoms with Crippen LogP contribution < -0.4 is 0 Å². The molecule has 8 nitrogen and oxygen atoms in total. The molecule has 1 aliphatic heterocycles. The molecule has 6 atom stereocenters. The highest BCUT2D eigenvalue weighted by Gasteiger charge is 2.43. The number of carbonyl (C=O) groups is 3. The van der Waals surface area contributed by atoms with Crippen molar-refractivity contribution < 1.29 is 34.1 Å². The van der Waals surface area contributed by atoms with Crippen molar-refractivity contribution in [2.24, 2.45) is 17.3 Å². The van der Waals surface area contributed by atoms with Gasteiger partial charge >= 0.3 is 11.9 Å². The van der Waals surface area contributed by atoms with Gasteiger partial charge in [-0.3, -0.25) is 14.4 Å². The number of carbonyl (C=O) groups excluding carboxylic acids is 3. The van der Waals surface area contributed by atoms with E-state index in [9.17, 15) is 24.6 Å². The van der Waals surface area contributed by atoms with Crippen LogP contribution in [0.25, 0.3) is 6.08 Å². The quantitative estimate of drug-likeness (QED) is 0.527. The summed E-state index contributed by atoms with van der Waals surface area (Å²) < 4.78 is 11.3. The van der Waals surface area contributed by atoms with Crippen molar-refractivity contribution in [2.75, 3.05) is 0 Å². The van der Waals surface area contributed by atoms with E-state index in [4.69, 9.17) is 9.47 Å². The van der Waals surface area contributed by atoms with Gasteiger partial charge < -0.3 is 19.7 Å². The van der Waals surface area contributed by atoms with Crippen LogP contribution in [0.1, 0.15) is 72.0 Å². The minimum atomic E-state index is -1.34. The summed E-state index contributed by atoms with van der Waals surface area (Å²) in [4.78, 5) is 42.5. The van der Waals surface area contributed by atoms with Gasteiger partial charge in [-0.15, -0.1) is 11.3 Å². The van der Waals surface area contributed by atoms with Crippen molar-refractivity contribution in [3.63, 3.8) is 0 Å². The van der Waals surface area contributed by atoms with Crippen LogP contribution in [0, 0.1) is 24.2 Å². The smallest absolute Gasteiger partial charge is 0.309 e. The highest BCUT2D eigenvalue weighted by molar-refractivity contribution is 7.09. The summed E-state index contributed by atoms with van der Waals surface area (Å²) in [5, 5.41) is 24.8. The summed E-state index contributed by atoms with van der Waals surface area (Å²) in [5.74, 6) is -3.03. The Balaban J connectivity index is 2.50. The molecule has 0 amide bonds. The lowest BCUT2D eigenvalue weighted by atomic mass is 9.73. The van der Waals surface area contributed by atoms with Crippen LogP contribution in [0.3, 0.4) is 0 Å². The van der Waals surface area contributed by atoms with Crippen molar-refractivity contribution in [3.05, 3.63) is 45.5 Å². The molecule has 0 saturated carbocycles. The number of nitrogens with zero attached hydrogens (tertiary/aromatic N) is 1. The minimum Gasteiger partial charge on any atom is -0.458 e. The molecule has 1 aromatic rings. The second-order valence-corrected chi connectivity index (χ2v) is 11.8. The Kier molecular flexibility index (Phi) is 11.2. The second kappa shape index (κ2) is 13.4. The van der Waals surface area contributed by atoms with E-state index >= 15 is 0 Å². The summed E-state index contributed by atoms with van der Waals surface area (Å²) in [6.45, 7) is 13.3. The van der Waals surface area contributed by atoms with Gasteiger partial charge in [-0.2, -0.15) is 0 Å². The predicted octanol–water partition coefficient (Wildman–Crippen LogP) is 4.58. The minimum absolute atomic E-state index is 0.360. The molecule has 2 heterocycles. The molecule has 1 aromatic heterocycles. The molecular weight excluding hydrogens is 506 g/mol. The first-order valence-electron chi connectivity index (χ1n) is 12.9. The number of aliphatic hydroxyl groups is 2. The van der Waals surface area contributed by atoms with E-state index in [2.05, 4.69) is 4.98 Å². The zero-order chi connectivity index (χ0) is 28.8. The van der Waals surface area contributed by atoms with Crippen LogP contribution in [-0.2, 0) is 23.9 Å². The molecule has 0 spiro atoms. The lowest BCUT2D eigenvalue weighted by Crippen LogP contribution is -2.47.